The molecule has 184 valence electrons. The van der Waals surface area contributed by atoms with Crippen molar-refractivity contribution in [3.63, 3.8) is 0 Å². The summed E-state index contributed by atoms with van der Waals surface area (Å²) in [6.07, 6.45) is 2.91. The van der Waals surface area contributed by atoms with Crippen LogP contribution in [0.25, 0.3) is 6.08 Å². The summed E-state index contributed by atoms with van der Waals surface area (Å²) in [4.78, 5) is 51.6. The summed E-state index contributed by atoms with van der Waals surface area (Å²) in [5, 5.41) is 23.1. The molecule has 0 unspecified atom stereocenters. The Kier molecular flexibility index (Phi) is 8.98. The Morgan fingerprint density at radius 2 is 1.83 bits per heavy atom. The lowest BCUT2D eigenvalue weighted by Gasteiger charge is -2.33. The second kappa shape index (κ2) is 12.1. The first-order valence-electron chi connectivity index (χ1n) is 11.0. The minimum Gasteiger partial charge on any atom is -0.395 e. The second-order valence-electron chi connectivity index (χ2n) is 7.76. The number of nitro benzene ring substituents is 1. The molecule has 1 saturated heterocycles. The number of aliphatic hydroxyl groups is 1. The van der Waals surface area contributed by atoms with Gasteiger partial charge in [0.1, 0.15) is 0 Å². The summed E-state index contributed by atoms with van der Waals surface area (Å²) in [6.45, 7) is 3.31. The molecule has 2 N–H and O–H groups in total. The van der Waals surface area contributed by atoms with Crippen LogP contribution in [0.2, 0.25) is 0 Å². The number of amides is 3. The van der Waals surface area contributed by atoms with Gasteiger partial charge in [0.05, 0.1) is 16.4 Å². The Morgan fingerprint density at radius 1 is 1.11 bits per heavy atom. The average molecular weight is 499 g/mol. The first-order chi connectivity index (χ1) is 16.8. The van der Waals surface area contributed by atoms with Gasteiger partial charge < -0.3 is 20.2 Å². The fourth-order valence-electron chi connectivity index (χ4n) is 3.48. The summed E-state index contributed by atoms with van der Waals surface area (Å²) >= 11 is 1.15. The molecule has 0 spiro atoms. The van der Waals surface area contributed by atoms with Gasteiger partial charge in [-0.1, -0.05) is 23.9 Å². The fourth-order valence-corrected chi connectivity index (χ4v) is 4.44. The van der Waals surface area contributed by atoms with Crippen LogP contribution in [0.15, 0.2) is 58.3 Å². The minimum atomic E-state index is -0.486. The zero-order valence-electron chi connectivity index (χ0n) is 19.2. The fraction of sp³-hybridized carbons (Fsp3) is 0.292. The largest absolute Gasteiger partial charge is 0.395 e. The van der Waals surface area contributed by atoms with Crippen molar-refractivity contribution in [2.45, 2.75) is 16.7 Å². The number of nitrogens with zero attached hydrogens (tertiary/aromatic N) is 3. The molecule has 11 heteroatoms. The Morgan fingerprint density at radius 3 is 2.49 bits per heavy atom. The number of carbonyl (C=O) groups excluding carboxylic acids is 3. The molecule has 0 atom stereocenters. The highest BCUT2D eigenvalue weighted by molar-refractivity contribution is 7.99. The van der Waals surface area contributed by atoms with E-state index in [1.165, 1.54) is 25.1 Å². The van der Waals surface area contributed by atoms with Gasteiger partial charge in [-0.2, -0.15) is 0 Å². The normalized spacial score (nSPS) is 13.7. The number of nitrogens with one attached hydrogen (secondary N) is 1. The number of carbonyl (C=O) groups is 3. The Bertz CT molecular complexity index is 1140. The van der Waals surface area contributed by atoms with Crippen LogP contribution in [-0.2, 0) is 9.59 Å². The highest BCUT2D eigenvalue weighted by Crippen LogP contribution is 2.36. The summed E-state index contributed by atoms with van der Waals surface area (Å²) < 4.78 is 0. The van der Waals surface area contributed by atoms with Crippen molar-refractivity contribution in [1.82, 2.24) is 15.1 Å². The van der Waals surface area contributed by atoms with Gasteiger partial charge in [-0.15, -0.1) is 0 Å². The van der Waals surface area contributed by atoms with Crippen LogP contribution >= 0.6 is 11.8 Å². The van der Waals surface area contributed by atoms with Crippen LogP contribution in [-0.4, -0.2) is 76.9 Å². The van der Waals surface area contributed by atoms with Crippen LogP contribution in [0.1, 0.15) is 22.8 Å². The molecule has 3 amide bonds. The summed E-state index contributed by atoms with van der Waals surface area (Å²) in [5.41, 5.74) is 0.775. The average Bonchev–Trinajstić information content (AvgIpc) is 2.86. The van der Waals surface area contributed by atoms with E-state index in [-0.39, 0.29) is 36.6 Å². The van der Waals surface area contributed by atoms with Crippen LogP contribution in [0.5, 0.6) is 0 Å². The topological polar surface area (TPSA) is 133 Å². The van der Waals surface area contributed by atoms with Gasteiger partial charge in [0, 0.05) is 62.2 Å². The van der Waals surface area contributed by atoms with E-state index in [0.29, 0.717) is 47.1 Å². The Balaban J connectivity index is 1.70. The van der Waals surface area contributed by atoms with E-state index in [1.54, 1.807) is 46.2 Å². The standard InChI is InChI=1S/C24H26N4O6S/c1-17(30)26-10-12-27(13-11-26)23(31)8-6-18-5-7-22(21(15-18)28(33)34)35-20-4-2-3-19(16-20)24(32)25-9-14-29/h2-8,15-16,29H,9-14H2,1H3,(H,25,32). The quantitative estimate of drug-likeness (QED) is 0.324. The Hall–Kier alpha value is -3.70. The third-order valence-electron chi connectivity index (χ3n) is 5.36. The van der Waals surface area contributed by atoms with Crippen LogP contribution < -0.4 is 5.32 Å². The molecule has 2 aromatic rings. The molecule has 0 saturated carbocycles. The van der Waals surface area contributed by atoms with E-state index in [2.05, 4.69) is 5.32 Å². The number of nitro groups is 1. The summed E-state index contributed by atoms with van der Waals surface area (Å²) in [5.74, 6) is -0.580. The third kappa shape index (κ3) is 7.14. The Labute approximate surface area is 206 Å². The number of hydrogen-bond acceptors (Lipinski definition) is 7. The van der Waals surface area contributed by atoms with Gasteiger partial charge >= 0.3 is 0 Å². The molecule has 1 heterocycles. The predicted octanol–water partition coefficient (Wildman–Crippen LogP) is 2.17. The molecular weight excluding hydrogens is 472 g/mol. The molecule has 1 fully saturated rings. The lowest BCUT2D eigenvalue weighted by Crippen LogP contribution is -2.49. The highest BCUT2D eigenvalue weighted by atomic mass is 32.2. The second-order valence-corrected chi connectivity index (χ2v) is 8.87. The molecule has 10 nitrogen and oxygen atoms in total. The summed E-state index contributed by atoms with van der Waals surface area (Å²) in [6, 6.07) is 11.4. The molecule has 0 aromatic heterocycles. The van der Waals surface area contributed by atoms with E-state index >= 15 is 0 Å². The first kappa shape index (κ1) is 25.9. The summed E-state index contributed by atoms with van der Waals surface area (Å²) in [7, 11) is 0. The van der Waals surface area contributed by atoms with Gasteiger partial charge in [0.2, 0.25) is 11.8 Å². The van der Waals surface area contributed by atoms with E-state index in [1.807, 2.05) is 0 Å². The molecule has 0 aliphatic carbocycles. The van der Waals surface area contributed by atoms with E-state index in [0.717, 1.165) is 11.8 Å². The molecule has 3 rings (SSSR count). The van der Waals surface area contributed by atoms with E-state index in [9.17, 15) is 24.5 Å². The van der Waals surface area contributed by atoms with Crippen molar-refractivity contribution in [2.75, 3.05) is 39.3 Å². The SMILES string of the molecule is CC(=O)N1CCN(C(=O)C=Cc2ccc(Sc3cccc(C(=O)NCCO)c3)c([N+](=O)[O-])c2)CC1. The molecular formula is C24H26N4O6S. The van der Waals surface area contributed by atoms with Crippen LogP contribution in [0.4, 0.5) is 5.69 Å². The van der Waals surface area contributed by atoms with Crippen molar-refractivity contribution in [3.05, 3.63) is 69.8 Å². The number of piperazine rings is 1. The van der Waals surface area contributed by atoms with Crippen molar-refractivity contribution < 1.29 is 24.4 Å². The van der Waals surface area contributed by atoms with Crippen molar-refractivity contribution in [1.29, 1.82) is 0 Å². The monoisotopic (exact) mass is 498 g/mol. The van der Waals surface area contributed by atoms with Crippen molar-refractivity contribution in [3.8, 4) is 0 Å². The third-order valence-corrected chi connectivity index (χ3v) is 6.41. The molecule has 2 aromatic carbocycles. The zero-order chi connectivity index (χ0) is 25.4. The number of benzene rings is 2. The molecule has 0 bridgehead atoms. The molecule has 1 aliphatic rings. The zero-order valence-corrected chi connectivity index (χ0v) is 20.0. The van der Waals surface area contributed by atoms with E-state index in [4.69, 9.17) is 5.11 Å². The first-order valence-corrected chi connectivity index (χ1v) is 11.8. The van der Waals surface area contributed by atoms with Crippen molar-refractivity contribution in [2.24, 2.45) is 0 Å². The number of hydrogen-bond donors (Lipinski definition) is 2. The molecule has 1 aliphatic heterocycles. The van der Waals surface area contributed by atoms with Gasteiger partial charge in [0.15, 0.2) is 0 Å². The lowest BCUT2D eigenvalue weighted by atomic mass is 10.2. The highest BCUT2D eigenvalue weighted by Gasteiger charge is 2.21. The van der Waals surface area contributed by atoms with Gasteiger partial charge in [-0.05, 0) is 35.9 Å². The number of rotatable bonds is 8. The van der Waals surface area contributed by atoms with Crippen LogP contribution in [0, 0.1) is 10.1 Å². The maximum Gasteiger partial charge on any atom is 0.283 e. The molecule has 35 heavy (non-hydrogen) atoms. The minimum absolute atomic E-state index is 0.0189. The van der Waals surface area contributed by atoms with E-state index < -0.39 is 4.92 Å². The van der Waals surface area contributed by atoms with Gasteiger partial charge in [0.25, 0.3) is 11.6 Å². The van der Waals surface area contributed by atoms with Crippen LogP contribution in [0.3, 0.4) is 0 Å². The molecule has 0 radical (unpaired) electrons. The smallest absolute Gasteiger partial charge is 0.283 e. The van der Waals surface area contributed by atoms with Crippen molar-refractivity contribution >= 4 is 41.2 Å². The van der Waals surface area contributed by atoms with Gasteiger partial charge in [-0.3, -0.25) is 24.5 Å². The maximum absolute atomic E-state index is 12.5. The maximum atomic E-state index is 12.5. The number of aliphatic hydroxyl groups excluding tert-OH is 1. The lowest BCUT2D eigenvalue weighted by molar-refractivity contribution is -0.387. The predicted molar refractivity (Wildman–Crippen MR) is 131 cm³/mol. The van der Waals surface area contributed by atoms with Gasteiger partial charge in [-0.25, -0.2) is 0 Å².